The van der Waals surface area contributed by atoms with Crippen molar-refractivity contribution < 1.29 is 19.4 Å². The molecule has 4 heteroatoms. The van der Waals surface area contributed by atoms with Crippen LogP contribution in [0.2, 0.25) is 0 Å². The molecule has 0 aromatic rings. The lowest BCUT2D eigenvalue weighted by Gasteiger charge is -2.18. The molecule has 4 nitrogen and oxygen atoms in total. The van der Waals surface area contributed by atoms with Gasteiger partial charge in [0.15, 0.2) is 0 Å². The predicted octanol–water partition coefficient (Wildman–Crippen LogP) is 7.15. The van der Waals surface area contributed by atoms with Crippen molar-refractivity contribution in [1.29, 1.82) is 0 Å². The Kier molecular flexibility index (Phi) is 21.9. The van der Waals surface area contributed by atoms with Crippen LogP contribution in [0.3, 0.4) is 0 Å². The summed E-state index contributed by atoms with van der Waals surface area (Å²) in [4.78, 5) is 23.4. The lowest BCUT2D eigenvalue weighted by Crippen LogP contribution is -2.29. The van der Waals surface area contributed by atoms with Crippen LogP contribution < -0.4 is 5.11 Å². The number of unbranched alkanes of at least 4 members (excludes halogenated alkanes) is 13. The van der Waals surface area contributed by atoms with Gasteiger partial charge >= 0.3 is 5.97 Å². The second-order valence-corrected chi connectivity index (χ2v) is 9.34. The van der Waals surface area contributed by atoms with E-state index in [9.17, 15) is 14.7 Å². The van der Waals surface area contributed by atoms with E-state index in [4.69, 9.17) is 4.74 Å². The summed E-state index contributed by atoms with van der Waals surface area (Å²) in [5.74, 6) is -2.02. The van der Waals surface area contributed by atoms with E-state index in [1.54, 1.807) is 6.08 Å². The minimum absolute atomic E-state index is 0.306. The smallest absolute Gasteiger partial charge is 0.313 e. The van der Waals surface area contributed by atoms with Gasteiger partial charge in [-0.15, -0.1) is 0 Å². The first-order chi connectivity index (χ1) is 15.5. The van der Waals surface area contributed by atoms with E-state index in [1.165, 1.54) is 70.6 Å². The number of carbonyl (C=O) groups excluding carboxylic acids is 2. The van der Waals surface area contributed by atoms with Crippen molar-refractivity contribution in [3.05, 3.63) is 12.2 Å². The van der Waals surface area contributed by atoms with Crippen molar-refractivity contribution in [3.8, 4) is 0 Å². The molecule has 0 rings (SSSR count). The summed E-state index contributed by atoms with van der Waals surface area (Å²) < 4.78 is 5.44. The first-order valence-electron chi connectivity index (χ1n) is 13.6. The Bertz CT molecular complexity index is 472. The number of carboxylic acid groups (broad SMARTS) is 1. The summed E-state index contributed by atoms with van der Waals surface area (Å²) in [6, 6.07) is 0. The number of aliphatic carboxylic acids is 1. The van der Waals surface area contributed by atoms with Crippen LogP contribution in [-0.4, -0.2) is 18.5 Å². The van der Waals surface area contributed by atoms with Gasteiger partial charge in [0.2, 0.25) is 0 Å². The van der Waals surface area contributed by atoms with Gasteiger partial charge in [0.1, 0.15) is 0 Å². The Morgan fingerprint density at radius 1 is 0.781 bits per heavy atom. The van der Waals surface area contributed by atoms with Gasteiger partial charge < -0.3 is 14.6 Å². The van der Waals surface area contributed by atoms with Gasteiger partial charge in [0.25, 0.3) is 0 Å². The molecule has 0 N–H and O–H groups in total. The number of carboxylic acids is 1. The quantitative estimate of drug-likeness (QED) is 0.0939. The molecule has 0 bridgehead atoms. The molecule has 32 heavy (non-hydrogen) atoms. The molecule has 0 aliphatic carbocycles. The van der Waals surface area contributed by atoms with Crippen molar-refractivity contribution in [1.82, 2.24) is 0 Å². The molecule has 2 unspecified atom stereocenters. The van der Waals surface area contributed by atoms with Gasteiger partial charge in [-0.2, -0.15) is 0 Å². The molecule has 0 aromatic carbocycles. The van der Waals surface area contributed by atoms with Gasteiger partial charge in [0, 0.05) is 12.4 Å². The third kappa shape index (κ3) is 19.4. The fourth-order valence-corrected chi connectivity index (χ4v) is 3.98. The molecule has 0 heterocycles. The molecule has 0 aromatic heterocycles. The molecule has 188 valence electrons. The first kappa shape index (κ1) is 30.7. The molecule has 0 fully saturated rings. The molecule has 0 saturated carbocycles. The topological polar surface area (TPSA) is 66.4 Å². The van der Waals surface area contributed by atoms with Crippen molar-refractivity contribution in [2.45, 2.75) is 136 Å². The zero-order chi connectivity index (χ0) is 23.9. The minimum atomic E-state index is -1.21. The minimum Gasteiger partial charge on any atom is -0.550 e. The van der Waals surface area contributed by atoms with Crippen LogP contribution in [0.5, 0.6) is 0 Å². The molecular weight excluding hydrogens is 400 g/mol. The van der Waals surface area contributed by atoms with E-state index in [1.807, 2.05) is 6.08 Å². The standard InChI is InChI=1S/C28H52O4/c1-4-7-9-10-11-12-13-14-15-16-17-18-19-20-22-26(23-27(29)30)28(31)32-24-25(6-3)21-8-5-2/h20,22,25-26H,4-19,21,23-24H2,1-3H3,(H,29,30)/p-1. The molecule has 0 amide bonds. The van der Waals surface area contributed by atoms with E-state index in [0.29, 0.717) is 12.5 Å². The summed E-state index contributed by atoms with van der Waals surface area (Å²) in [7, 11) is 0. The Hall–Kier alpha value is -1.32. The highest BCUT2D eigenvalue weighted by molar-refractivity contribution is 5.80. The third-order valence-electron chi connectivity index (χ3n) is 6.29. The highest BCUT2D eigenvalue weighted by Gasteiger charge is 2.19. The Morgan fingerprint density at radius 2 is 1.31 bits per heavy atom. The van der Waals surface area contributed by atoms with Crippen molar-refractivity contribution in [2.75, 3.05) is 6.61 Å². The van der Waals surface area contributed by atoms with Crippen molar-refractivity contribution in [3.63, 3.8) is 0 Å². The van der Waals surface area contributed by atoms with E-state index in [2.05, 4.69) is 20.8 Å². The molecular formula is C28H51O4-. The Balaban J connectivity index is 3.97. The fourth-order valence-electron chi connectivity index (χ4n) is 3.98. The summed E-state index contributed by atoms with van der Waals surface area (Å²) in [6.45, 7) is 6.89. The van der Waals surface area contributed by atoms with Gasteiger partial charge in [-0.1, -0.05) is 123 Å². The molecule has 0 aliphatic heterocycles. The van der Waals surface area contributed by atoms with Crippen molar-refractivity contribution >= 4 is 11.9 Å². The molecule has 0 spiro atoms. The van der Waals surface area contributed by atoms with E-state index in [-0.39, 0.29) is 6.42 Å². The summed E-state index contributed by atoms with van der Waals surface area (Å²) >= 11 is 0. The predicted molar refractivity (Wildman–Crippen MR) is 132 cm³/mol. The maximum Gasteiger partial charge on any atom is 0.313 e. The van der Waals surface area contributed by atoms with Gasteiger partial charge in [0.05, 0.1) is 12.5 Å². The van der Waals surface area contributed by atoms with E-state index >= 15 is 0 Å². The Morgan fingerprint density at radius 3 is 1.81 bits per heavy atom. The summed E-state index contributed by atoms with van der Waals surface area (Å²) in [6.07, 6.45) is 24.2. The van der Waals surface area contributed by atoms with Gasteiger partial charge in [-0.25, -0.2) is 0 Å². The van der Waals surface area contributed by atoms with E-state index < -0.39 is 17.9 Å². The maximum atomic E-state index is 12.4. The zero-order valence-corrected chi connectivity index (χ0v) is 21.4. The van der Waals surface area contributed by atoms with Crippen LogP contribution in [-0.2, 0) is 14.3 Å². The van der Waals surface area contributed by atoms with Gasteiger partial charge in [-0.3, -0.25) is 4.79 Å². The Labute approximate surface area is 198 Å². The average Bonchev–Trinajstić information content (AvgIpc) is 2.78. The number of hydrogen-bond acceptors (Lipinski definition) is 4. The van der Waals surface area contributed by atoms with E-state index in [0.717, 1.165) is 38.5 Å². The number of esters is 1. The second-order valence-electron chi connectivity index (χ2n) is 9.34. The number of allylic oxidation sites excluding steroid dienone is 1. The molecule has 0 saturated heterocycles. The molecule has 0 radical (unpaired) electrons. The largest absolute Gasteiger partial charge is 0.550 e. The normalized spacial score (nSPS) is 13.3. The van der Waals surface area contributed by atoms with Crippen LogP contribution in [0.4, 0.5) is 0 Å². The SMILES string of the molecule is CCCCCCCCCCCCCCC=CC(CC(=O)[O-])C(=O)OCC(CC)CCCC. The number of carbonyl (C=O) groups is 2. The van der Waals surface area contributed by atoms with Crippen LogP contribution in [0.1, 0.15) is 136 Å². The summed E-state index contributed by atoms with van der Waals surface area (Å²) in [5, 5.41) is 11.0. The number of hydrogen-bond donors (Lipinski definition) is 0. The van der Waals surface area contributed by atoms with Crippen LogP contribution in [0, 0.1) is 11.8 Å². The highest BCUT2D eigenvalue weighted by atomic mass is 16.5. The number of ether oxygens (including phenoxy) is 1. The van der Waals surface area contributed by atoms with Crippen molar-refractivity contribution in [2.24, 2.45) is 11.8 Å². The molecule has 0 aliphatic rings. The number of rotatable bonds is 23. The monoisotopic (exact) mass is 451 g/mol. The second kappa shape index (κ2) is 22.9. The third-order valence-corrected chi connectivity index (χ3v) is 6.29. The van der Waals surface area contributed by atoms with Gasteiger partial charge in [-0.05, 0) is 25.2 Å². The maximum absolute atomic E-state index is 12.4. The summed E-state index contributed by atoms with van der Waals surface area (Å²) in [5.41, 5.74) is 0. The van der Waals surface area contributed by atoms with Crippen LogP contribution in [0.15, 0.2) is 12.2 Å². The fraction of sp³-hybridized carbons (Fsp3) is 0.857. The molecule has 2 atom stereocenters. The lowest BCUT2D eigenvalue weighted by atomic mass is 10.00. The zero-order valence-electron chi connectivity index (χ0n) is 21.4. The lowest BCUT2D eigenvalue weighted by molar-refractivity contribution is -0.306. The first-order valence-corrected chi connectivity index (χ1v) is 13.6. The highest BCUT2D eigenvalue weighted by Crippen LogP contribution is 2.16. The van der Waals surface area contributed by atoms with Crippen LogP contribution in [0.25, 0.3) is 0 Å². The average molecular weight is 452 g/mol. The van der Waals surface area contributed by atoms with Crippen LogP contribution >= 0.6 is 0 Å².